The maximum absolute atomic E-state index is 10.3. The lowest BCUT2D eigenvalue weighted by atomic mass is 10.4. The van der Waals surface area contributed by atoms with Gasteiger partial charge in [0.15, 0.2) is 0 Å². The van der Waals surface area contributed by atoms with Crippen LogP contribution < -0.4 is 5.73 Å². The van der Waals surface area contributed by atoms with Crippen LogP contribution in [0.15, 0.2) is 0 Å². The van der Waals surface area contributed by atoms with E-state index in [4.69, 9.17) is 14.7 Å². The minimum Gasteiger partial charge on any atom is -0.468 e. The van der Waals surface area contributed by atoms with Gasteiger partial charge in [0.25, 0.3) is 0 Å². The average molecular weight is 200 g/mol. The molecule has 0 saturated heterocycles. The van der Waals surface area contributed by atoms with Crippen molar-refractivity contribution >= 4 is 30.1 Å². The van der Waals surface area contributed by atoms with Gasteiger partial charge in [0, 0.05) is 17.2 Å². The molecule has 0 radical (unpaired) electrons. The summed E-state index contributed by atoms with van der Waals surface area (Å²) in [6.07, 6.45) is 0. The number of esters is 1. The Morgan fingerprint density at radius 3 is 2.36 bits per heavy atom. The highest BCUT2D eigenvalue weighted by molar-refractivity contribution is 7.80. The van der Waals surface area contributed by atoms with E-state index >= 15 is 0 Å². The first-order valence-corrected chi connectivity index (χ1v) is 4.16. The van der Waals surface area contributed by atoms with Crippen LogP contribution in [0.4, 0.5) is 0 Å². The van der Waals surface area contributed by atoms with Crippen LogP contribution in [-0.2, 0) is 21.0 Å². The molecule has 0 rings (SSSR count). The lowest BCUT2D eigenvalue weighted by Gasteiger charge is -2.02. The fourth-order valence-corrected chi connectivity index (χ4v) is 0.375. The van der Waals surface area contributed by atoms with Crippen molar-refractivity contribution in [2.75, 3.05) is 12.9 Å². The van der Waals surface area contributed by atoms with E-state index in [9.17, 15) is 4.79 Å². The van der Waals surface area contributed by atoms with E-state index in [1.165, 1.54) is 7.11 Å². The van der Waals surface area contributed by atoms with E-state index in [-0.39, 0.29) is 0 Å². The molecule has 0 fully saturated rings. The van der Waals surface area contributed by atoms with Gasteiger partial charge in [0.05, 0.1) is 7.11 Å². The third-order valence-corrected chi connectivity index (χ3v) is 1.09. The summed E-state index contributed by atoms with van der Waals surface area (Å²) in [4.78, 5) is 10.3. The van der Waals surface area contributed by atoms with Crippen molar-refractivity contribution in [1.82, 2.24) is 0 Å². The third-order valence-electron chi connectivity index (χ3n) is 0.701. The number of thiol groups is 1. The van der Waals surface area contributed by atoms with Crippen molar-refractivity contribution in [3.63, 3.8) is 0 Å². The summed E-state index contributed by atoms with van der Waals surface area (Å²) in [5.74, 6) is -0.0906. The van der Waals surface area contributed by atoms with Crippen LogP contribution in [0, 0.1) is 4.78 Å². The third kappa shape index (κ3) is 9.73. The molecule has 0 spiro atoms. The van der Waals surface area contributed by atoms with Crippen LogP contribution in [0.1, 0.15) is 0 Å². The summed E-state index contributed by atoms with van der Waals surface area (Å²) in [6, 6.07) is -0.580. The molecule has 0 amide bonds. The Labute approximate surface area is 73.7 Å². The highest BCUT2D eigenvalue weighted by atomic mass is 32.1. The molecule has 0 aromatic rings. The molecule has 0 aromatic heterocycles. The van der Waals surface area contributed by atoms with Gasteiger partial charge in [0.2, 0.25) is 0 Å². The molecular formula is C4H12N2O3S2. The molecule has 0 aromatic carbocycles. The zero-order valence-corrected chi connectivity index (χ0v) is 7.93. The molecule has 5 nitrogen and oxygen atoms in total. The smallest absolute Gasteiger partial charge is 0.323 e. The van der Waals surface area contributed by atoms with Crippen molar-refractivity contribution < 1.29 is 13.7 Å². The predicted molar refractivity (Wildman–Crippen MR) is 47.5 cm³/mol. The molecule has 0 saturated carbocycles. The van der Waals surface area contributed by atoms with E-state index < -0.39 is 23.5 Å². The number of rotatable bonds is 2. The molecule has 0 unspecified atom stereocenters. The highest BCUT2D eigenvalue weighted by Crippen LogP contribution is 1.84. The Bertz CT molecular complexity index is 146. The summed E-state index contributed by atoms with van der Waals surface area (Å²) in [7, 11) is 1.30. The van der Waals surface area contributed by atoms with Crippen LogP contribution in [0.3, 0.4) is 0 Å². The Balaban J connectivity index is 0. The summed E-state index contributed by atoms with van der Waals surface area (Å²) in [5.41, 5.74) is 5.18. The van der Waals surface area contributed by atoms with Crippen LogP contribution in [0.2, 0.25) is 0 Å². The lowest BCUT2D eigenvalue weighted by molar-refractivity contribution is -0.141. The molecule has 0 aliphatic heterocycles. The average Bonchev–Trinajstić information content (AvgIpc) is 2.03. The van der Waals surface area contributed by atoms with Gasteiger partial charge in [-0.15, -0.1) is 0 Å². The van der Waals surface area contributed by atoms with Crippen molar-refractivity contribution in [2.24, 2.45) is 5.73 Å². The first kappa shape index (κ1) is 13.3. The number of nitrogens with one attached hydrogen (secondary N) is 1. The summed E-state index contributed by atoms with van der Waals surface area (Å²) >= 11 is 2.87. The number of carbonyl (C=O) groups is 1. The van der Waals surface area contributed by atoms with Gasteiger partial charge in [-0.05, 0) is 0 Å². The fraction of sp³-hybridized carbons (Fsp3) is 0.750. The van der Waals surface area contributed by atoms with Gasteiger partial charge in [-0.2, -0.15) is 12.6 Å². The summed E-state index contributed by atoms with van der Waals surface area (Å²) in [6.45, 7) is 0. The van der Waals surface area contributed by atoms with Gasteiger partial charge >= 0.3 is 5.97 Å². The fourth-order valence-electron chi connectivity index (χ4n) is 0.226. The molecule has 0 aliphatic carbocycles. The first-order valence-electron chi connectivity index (χ1n) is 2.62. The van der Waals surface area contributed by atoms with Crippen LogP contribution in [0.5, 0.6) is 0 Å². The van der Waals surface area contributed by atoms with E-state index in [1.807, 2.05) is 0 Å². The van der Waals surface area contributed by atoms with Gasteiger partial charge < -0.3 is 10.5 Å². The monoisotopic (exact) mass is 200 g/mol. The van der Waals surface area contributed by atoms with Crippen molar-refractivity contribution in [3.05, 3.63) is 0 Å². The zero-order chi connectivity index (χ0) is 9.28. The quantitative estimate of drug-likeness (QED) is 0.387. The summed E-state index contributed by atoms with van der Waals surface area (Å²) < 4.78 is 18.6. The standard InChI is InChI=1S/C4H9NO2S.H3NOS/c1-7-4(6)3(5)2-8;1-3-2/h3,8H,2,5H2,1H3;1H,3H2/t3-;/m0./s1. The first-order chi connectivity index (χ1) is 5.13. The number of hydrogen-bond donors (Lipinski definition) is 3. The maximum Gasteiger partial charge on any atom is 0.323 e. The Morgan fingerprint density at radius 1 is 1.91 bits per heavy atom. The Kier molecular flexibility index (Phi) is 11.8. The minimum absolute atomic E-state index is 0.326. The van der Waals surface area contributed by atoms with Crippen LogP contribution in [0.25, 0.3) is 0 Å². The second kappa shape index (κ2) is 9.73. The number of nitrogens with two attached hydrogens (primary N) is 1. The lowest BCUT2D eigenvalue weighted by Crippen LogP contribution is -2.32. The van der Waals surface area contributed by atoms with Crippen molar-refractivity contribution in [3.8, 4) is 0 Å². The molecular weight excluding hydrogens is 188 g/mol. The number of carbonyl (C=O) groups excluding carboxylic acids is 1. The zero-order valence-electron chi connectivity index (χ0n) is 6.03. The Hall–Kier alpha value is -0.270. The minimum atomic E-state index is -0.917. The molecule has 0 aliphatic rings. The van der Waals surface area contributed by atoms with Crippen LogP contribution >= 0.6 is 12.6 Å². The summed E-state index contributed by atoms with van der Waals surface area (Å²) in [5, 5.41) is 0. The van der Waals surface area contributed by atoms with E-state index in [0.717, 1.165) is 0 Å². The largest absolute Gasteiger partial charge is 0.468 e. The molecule has 0 heterocycles. The van der Waals surface area contributed by atoms with E-state index in [0.29, 0.717) is 5.75 Å². The van der Waals surface area contributed by atoms with Gasteiger partial charge in [-0.25, -0.2) is 0 Å². The number of ether oxygens (including phenoxy) is 1. The molecule has 68 valence electrons. The van der Waals surface area contributed by atoms with Gasteiger partial charge in [0.1, 0.15) is 6.04 Å². The van der Waals surface area contributed by atoms with Crippen molar-refractivity contribution in [1.29, 1.82) is 4.78 Å². The molecule has 1 atom stereocenters. The molecule has 3 N–H and O–H groups in total. The van der Waals surface area contributed by atoms with E-state index in [1.54, 1.807) is 0 Å². The molecule has 11 heavy (non-hydrogen) atoms. The molecule has 7 heteroatoms. The van der Waals surface area contributed by atoms with Crippen molar-refractivity contribution in [2.45, 2.75) is 6.04 Å². The van der Waals surface area contributed by atoms with Gasteiger partial charge in [-0.1, -0.05) is 0 Å². The normalized spacial score (nSPS) is 11.9. The maximum atomic E-state index is 10.3. The number of methoxy groups -OCH3 is 1. The SMILES string of the molecule is COC(=O)[C@@H](N)CS.N=[SH2]=O. The number of hydrogen-bond acceptors (Lipinski definition) is 6. The Morgan fingerprint density at radius 2 is 2.27 bits per heavy atom. The topological polar surface area (TPSA) is 93.2 Å². The second-order valence-electron chi connectivity index (χ2n) is 1.41. The van der Waals surface area contributed by atoms with Crippen LogP contribution in [-0.4, -0.2) is 29.1 Å². The van der Waals surface area contributed by atoms with E-state index in [2.05, 4.69) is 17.4 Å². The predicted octanol–water partition coefficient (Wildman–Crippen LogP) is -1.16. The highest BCUT2D eigenvalue weighted by Gasteiger charge is 2.09. The molecule has 0 bridgehead atoms. The second-order valence-corrected chi connectivity index (χ2v) is 1.98. The van der Waals surface area contributed by atoms with Gasteiger partial charge in [-0.3, -0.25) is 13.8 Å².